The van der Waals surface area contributed by atoms with E-state index in [4.69, 9.17) is 0 Å². The summed E-state index contributed by atoms with van der Waals surface area (Å²) in [5.41, 5.74) is 0.932. The Bertz CT molecular complexity index is 654. The number of carbonyl (C=O) groups is 1. The van der Waals surface area contributed by atoms with Crippen LogP contribution in [-0.2, 0) is 17.9 Å². The lowest BCUT2D eigenvalue weighted by molar-refractivity contribution is -0.131. The second-order valence-electron chi connectivity index (χ2n) is 6.08. The van der Waals surface area contributed by atoms with Crippen molar-refractivity contribution in [3.8, 4) is 0 Å². The minimum absolute atomic E-state index is 0.0608. The van der Waals surface area contributed by atoms with Crippen molar-refractivity contribution in [1.29, 1.82) is 0 Å². The van der Waals surface area contributed by atoms with E-state index in [-0.39, 0.29) is 11.7 Å². The second kappa shape index (κ2) is 8.94. The van der Waals surface area contributed by atoms with Crippen molar-refractivity contribution in [2.45, 2.75) is 46.3 Å². The summed E-state index contributed by atoms with van der Waals surface area (Å²) in [7, 11) is 0. The summed E-state index contributed by atoms with van der Waals surface area (Å²) in [6.45, 7) is 7.60. The van der Waals surface area contributed by atoms with Crippen LogP contribution in [0.4, 0.5) is 4.39 Å². The molecule has 0 aliphatic carbocycles. The Morgan fingerprint density at radius 1 is 1.21 bits per heavy atom. The number of nitrogens with zero attached hydrogens (tertiary/aromatic N) is 1. The first-order valence-electron chi connectivity index (χ1n) is 8.29. The molecule has 0 fully saturated rings. The minimum Gasteiger partial charge on any atom is -0.332 e. The molecule has 1 heterocycles. The molecule has 0 unspecified atom stereocenters. The first-order valence-corrected chi connectivity index (χ1v) is 9.10. The Labute approximate surface area is 147 Å². The van der Waals surface area contributed by atoms with Crippen molar-refractivity contribution >= 4 is 17.2 Å². The number of hydrogen-bond acceptors (Lipinski definition) is 3. The lowest BCUT2D eigenvalue weighted by atomic mass is 10.2. The Balaban J connectivity index is 2.07. The van der Waals surface area contributed by atoms with Gasteiger partial charge in [-0.2, -0.15) is 0 Å². The minimum atomic E-state index is -0.260. The molecule has 3 nitrogen and oxygen atoms in total. The lowest BCUT2D eigenvalue weighted by Crippen LogP contribution is -2.40. The smallest absolute Gasteiger partial charge is 0.237 e. The van der Waals surface area contributed by atoms with Gasteiger partial charge < -0.3 is 10.2 Å². The number of amides is 1. The van der Waals surface area contributed by atoms with Crippen LogP contribution in [0, 0.1) is 12.7 Å². The number of rotatable bonds is 8. The maximum absolute atomic E-state index is 13.1. The molecule has 0 aliphatic rings. The number of nitrogens with one attached hydrogen (secondary N) is 1. The molecule has 1 aromatic heterocycles. The average molecular weight is 348 g/mol. The van der Waals surface area contributed by atoms with E-state index in [0.29, 0.717) is 25.7 Å². The van der Waals surface area contributed by atoms with Gasteiger partial charge in [-0.1, -0.05) is 19.1 Å². The summed E-state index contributed by atoms with van der Waals surface area (Å²) in [6, 6.07) is 10.8. The third kappa shape index (κ3) is 5.73. The summed E-state index contributed by atoms with van der Waals surface area (Å²) in [5, 5.41) is 3.25. The van der Waals surface area contributed by atoms with E-state index in [1.807, 2.05) is 4.90 Å². The average Bonchev–Trinajstić information content (AvgIpc) is 2.98. The second-order valence-corrected chi connectivity index (χ2v) is 7.45. The van der Waals surface area contributed by atoms with Crippen LogP contribution >= 0.6 is 11.3 Å². The highest BCUT2D eigenvalue weighted by atomic mass is 32.1. The van der Waals surface area contributed by atoms with Crippen molar-refractivity contribution < 1.29 is 9.18 Å². The monoisotopic (exact) mass is 348 g/mol. The topological polar surface area (TPSA) is 32.3 Å². The Morgan fingerprint density at radius 2 is 1.92 bits per heavy atom. The highest BCUT2D eigenvalue weighted by Gasteiger charge is 2.16. The van der Waals surface area contributed by atoms with Crippen LogP contribution in [0.15, 0.2) is 36.4 Å². The van der Waals surface area contributed by atoms with Gasteiger partial charge in [0.15, 0.2) is 0 Å². The number of benzene rings is 1. The Hall–Kier alpha value is -1.72. The van der Waals surface area contributed by atoms with Gasteiger partial charge in [0.05, 0.1) is 13.1 Å². The fourth-order valence-electron chi connectivity index (χ4n) is 2.32. The molecule has 0 aliphatic heterocycles. The molecule has 0 radical (unpaired) electrons. The van der Waals surface area contributed by atoms with Gasteiger partial charge in [-0.25, -0.2) is 4.39 Å². The quantitative estimate of drug-likeness (QED) is 0.778. The van der Waals surface area contributed by atoms with Gasteiger partial charge in [0, 0.05) is 22.3 Å². The number of carbonyl (C=O) groups excluding carboxylic acids is 1. The molecule has 1 aromatic carbocycles. The molecule has 0 spiro atoms. The third-order valence-corrected chi connectivity index (χ3v) is 4.98. The molecule has 0 saturated heterocycles. The molecule has 1 atom stereocenters. The molecule has 1 N–H and O–H groups in total. The summed E-state index contributed by atoms with van der Waals surface area (Å²) in [6.07, 6.45) is 0.982. The van der Waals surface area contributed by atoms with Crippen molar-refractivity contribution in [2.75, 3.05) is 6.54 Å². The summed E-state index contributed by atoms with van der Waals surface area (Å²) < 4.78 is 13.1. The molecule has 2 aromatic rings. The molecule has 0 saturated carbocycles. The molecule has 24 heavy (non-hydrogen) atoms. The summed E-state index contributed by atoms with van der Waals surface area (Å²) in [5.74, 6) is -0.199. The van der Waals surface area contributed by atoms with Crippen molar-refractivity contribution in [3.63, 3.8) is 0 Å². The van der Waals surface area contributed by atoms with Crippen molar-refractivity contribution in [2.24, 2.45) is 0 Å². The van der Waals surface area contributed by atoms with E-state index in [2.05, 4.69) is 38.2 Å². The predicted octanol–water partition coefficient (Wildman–Crippen LogP) is 4.11. The molecule has 2 rings (SSSR count). The summed E-state index contributed by atoms with van der Waals surface area (Å²) in [4.78, 5) is 16.9. The van der Waals surface area contributed by atoms with E-state index in [1.165, 1.54) is 17.0 Å². The fraction of sp³-hybridized carbons (Fsp3) is 0.421. The van der Waals surface area contributed by atoms with Crippen LogP contribution in [0.25, 0.3) is 0 Å². The third-order valence-electron chi connectivity index (χ3n) is 4.00. The maximum Gasteiger partial charge on any atom is 0.237 e. The number of hydrogen-bond donors (Lipinski definition) is 1. The molecule has 5 heteroatoms. The predicted molar refractivity (Wildman–Crippen MR) is 97.5 cm³/mol. The van der Waals surface area contributed by atoms with E-state index < -0.39 is 0 Å². The van der Waals surface area contributed by atoms with Gasteiger partial charge in [0.1, 0.15) is 5.82 Å². The SMILES string of the molecule is CC[C@@H](C)NCC(=O)N(Cc1ccc(F)cc1)Cc1ccc(C)s1. The van der Waals surface area contributed by atoms with E-state index in [1.54, 1.807) is 23.5 Å². The van der Waals surface area contributed by atoms with Gasteiger partial charge in [-0.15, -0.1) is 11.3 Å². The van der Waals surface area contributed by atoms with Gasteiger partial charge in [0.25, 0.3) is 0 Å². The Morgan fingerprint density at radius 3 is 2.50 bits per heavy atom. The van der Waals surface area contributed by atoms with E-state index >= 15 is 0 Å². The molecule has 130 valence electrons. The maximum atomic E-state index is 13.1. The Kier molecular flexibility index (Phi) is 6.94. The normalized spacial score (nSPS) is 12.2. The van der Waals surface area contributed by atoms with Gasteiger partial charge in [-0.3, -0.25) is 4.79 Å². The molecular weight excluding hydrogens is 323 g/mol. The first-order chi connectivity index (χ1) is 11.5. The standard InChI is InChI=1S/C19H25FN2OS/c1-4-14(2)21-11-19(23)22(13-18-10-5-15(3)24-18)12-16-6-8-17(20)9-7-16/h5-10,14,21H,4,11-13H2,1-3H3/t14-/m1/s1. The fourth-order valence-corrected chi connectivity index (χ4v) is 3.22. The first kappa shape index (κ1) is 18.6. The number of aryl methyl sites for hydroxylation is 1. The van der Waals surface area contributed by atoms with Crippen LogP contribution in [0.2, 0.25) is 0 Å². The van der Waals surface area contributed by atoms with Crippen LogP contribution < -0.4 is 5.32 Å². The number of thiophene rings is 1. The van der Waals surface area contributed by atoms with Gasteiger partial charge in [0.2, 0.25) is 5.91 Å². The zero-order chi connectivity index (χ0) is 17.5. The molecular formula is C19H25FN2OS. The van der Waals surface area contributed by atoms with E-state index in [9.17, 15) is 9.18 Å². The lowest BCUT2D eigenvalue weighted by Gasteiger charge is -2.23. The van der Waals surface area contributed by atoms with Crippen LogP contribution in [0.1, 0.15) is 35.6 Å². The van der Waals surface area contributed by atoms with Crippen LogP contribution in [0.3, 0.4) is 0 Å². The highest BCUT2D eigenvalue weighted by molar-refractivity contribution is 7.11. The van der Waals surface area contributed by atoms with E-state index in [0.717, 1.165) is 16.9 Å². The largest absolute Gasteiger partial charge is 0.332 e. The van der Waals surface area contributed by atoms with Crippen LogP contribution in [-0.4, -0.2) is 23.4 Å². The molecule has 0 bridgehead atoms. The highest BCUT2D eigenvalue weighted by Crippen LogP contribution is 2.19. The zero-order valence-corrected chi connectivity index (χ0v) is 15.3. The van der Waals surface area contributed by atoms with Crippen LogP contribution in [0.5, 0.6) is 0 Å². The van der Waals surface area contributed by atoms with Gasteiger partial charge in [-0.05, 0) is 50.1 Å². The van der Waals surface area contributed by atoms with Crippen molar-refractivity contribution in [1.82, 2.24) is 10.2 Å². The van der Waals surface area contributed by atoms with Crippen molar-refractivity contribution in [3.05, 3.63) is 57.5 Å². The zero-order valence-electron chi connectivity index (χ0n) is 14.5. The molecule has 1 amide bonds. The number of halogens is 1. The summed E-state index contributed by atoms with van der Waals surface area (Å²) >= 11 is 1.70. The van der Waals surface area contributed by atoms with Gasteiger partial charge >= 0.3 is 0 Å².